The van der Waals surface area contributed by atoms with Crippen molar-refractivity contribution in [1.82, 2.24) is 14.7 Å². The molecule has 2 saturated heterocycles. The van der Waals surface area contributed by atoms with E-state index in [-0.39, 0.29) is 11.7 Å². The number of likely N-dealkylation sites (tertiary alicyclic amines) is 1. The topological polar surface area (TPSA) is 36.0 Å². The average Bonchev–Trinajstić information content (AvgIpc) is 2.84. The second kappa shape index (κ2) is 9.33. The van der Waals surface area contributed by atoms with Crippen molar-refractivity contribution in [2.45, 2.75) is 19.3 Å². The van der Waals surface area contributed by atoms with Gasteiger partial charge in [0.25, 0.3) is 0 Å². The van der Waals surface area contributed by atoms with Gasteiger partial charge in [-0.3, -0.25) is 9.69 Å². The molecule has 3 rings (SSSR count). The van der Waals surface area contributed by atoms with Gasteiger partial charge in [0.05, 0.1) is 13.2 Å². The van der Waals surface area contributed by atoms with Crippen LogP contribution in [0.15, 0.2) is 24.3 Å². The van der Waals surface area contributed by atoms with E-state index in [2.05, 4.69) is 16.8 Å². The molecule has 5 nitrogen and oxygen atoms in total. The van der Waals surface area contributed by atoms with Crippen molar-refractivity contribution >= 4 is 5.91 Å². The lowest BCUT2D eigenvalue weighted by atomic mass is 9.99. The first-order valence-electron chi connectivity index (χ1n) is 9.67. The molecule has 0 aliphatic carbocycles. The Hall–Kier alpha value is -1.66. The second-order valence-electron chi connectivity index (χ2n) is 7.55. The molecule has 1 aromatic carbocycles. The summed E-state index contributed by atoms with van der Waals surface area (Å²) in [4.78, 5) is 19.3. The summed E-state index contributed by atoms with van der Waals surface area (Å²) in [5.74, 6) is 0.810. The van der Waals surface area contributed by atoms with Crippen LogP contribution in [-0.4, -0.2) is 80.1 Å². The van der Waals surface area contributed by atoms with Gasteiger partial charge in [0.15, 0.2) is 0 Å². The smallest absolute Gasteiger partial charge is 0.236 e. The molecule has 0 saturated carbocycles. The Balaban J connectivity index is 1.45. The zero-order valence-electron chi connectivity index (χ0n) is 15.7. The molecule has 0 radical (unpaired) electrons. The Labute approximate surface area is 155 Å². The minimum Gasteiger partial charge on any atom is -0.493 e. The molecule has 26 heavy (non-hydrogen) atoms. The maximum Gasteiger partial charge on any atom is 0.236 e. The van der Waals surface area contributed by atoms with E-state index in [1.54, 1.807) is 12.1 Å². The van der Waals surface area contributed by atoms with Crippen LogP contribution in [0.5, 0.6) is 5.75 Å². The molecule has 144 valence electrons. The van der Waals surface area contributed by atoms with Crippen molar-refractivity contribution in [3.63, 3.8) is 0 Å². The number of rotatable bonds is 5. The van der Waals surface area contributed by atoms with Gasteiger partial charge in [-0.15, -0.1) is 0 Å². The van der Waals surface area contributed by atoms with Crippen LogP contribution >= 0.6 is 0 Å². The molecule has 0 bridgehead atoms. The predicted molar refractivity (Wildman–Crippen MR) is 99.8 cm³/mol. The number of likely N-dealkylation sites (N-methyl/N-ethyl adjacent to an activating group) is 1. The van der Waals surface area contributed by atoms with E-state index in [1.165, 1.54) is 12.1 Å². The first-order chi connectivity index (χ1) is 12.6. The molecule has 6 heteroatoms. The third kappa shape index (κ3) is 5.68. The first kappa shape index (κ1) is 19.1. The van der Waals surface area contributed by atoms with Crippen LogP contribution in [0.4, 0.5) is 4.39 Å². The molecule has 1 atom stereocenters. The van der Waals surface area contributed by atoms with E-state index in [9.17, 15) is 9.18 Å². The molecule has 2 heterocycles. The van der Waals surface area contributed by atoms with Crippen LogP contribution in [-0.2, 0) is 4.79 Å². The zero-order valence-corrected chi connectivity index (χ0v) is 15.7. The number of halogens is 1. The summed E-state index contributed by atoms with van der Waals surface area (Å²) in [5, 5.41) is 0. The van der Waals surface area contributed by atoms with Crippen LogP contribution in [0.2, 0.25) is 0 Å². The third-order valence-corrected chi connectivity index (χ3v) is 5.32. The Morgan fingerprint density at radius 1 is 1.19 bits per heavy atom. The van der Waals surface area contributed by atoms with Gasteiger partial charge in [-0.05, 0) is 51.5 Å². The van der Waals surface area contributed by atoms with Gasteiger partial charge in [0.1, 0.15) is 11.6 Å². The number of carbonyl (C=O) groups is 1. The molecular weight excluding hydrogens is 333 g/mol. The molecule has 0 spiro atoms. The summed E-state index contributed by atoms with van der Waals surface area (Å²) in [6.07, 6.45) is 3.17. The molecule has 0 N–H and O–H groups in total. The number of piperidine rings is 1. The monoisotopic (exact) mass is 363 g/mol. The number of carbonyl (C=O) groups excluding carboxylic acids is 1. The van der Waals surface area contributed by atoms with Gasteiger partial charge < -0.3 is 14.5 Å². The molecule has 2 aliphatic heterocycles. The summed E-state index contributed by atoms with van der Waals surface area (Å²) in [6, 6.07) is 6.24. The minimum atomic E-state index is -0.286. The van der Waals surface area contributed by atoms with E-state index in [1.807, 2.05) is 4.90 Å². The minimum absolute atomic E-state index is 0.227. The number of amides is 1. The second-order valence-corrected chi connectivity index (χ2v) is 7.55. The van der Waals surface area contributed by atoms with E-state index >= 15 is 0 Å². The Morgan fingerprint density at radius 2 is 2.08 bits per heavy atom. The maximum atomic E-state index is 13.2. The average molecular weight is 363 g/mol. The number of nitrogens with zero attached hydrogens (tertiary/aromatic N) is 3. The van der Waals surface area contributed by atoms with Crippen molar-refractivity contribution in [3.05, 3.63) is 30.1 Å². The molecule has 1 amide bonds. The van der Waals surface area contributed by atoms with Gasteiger partial charge in [0, 0.05) is 38.2 Å². The SMILES string of the molecule is CN1CCCN(CC(=O)N2CCC[C@@H](COc3cccc(F)c3)C2)CC1. The lowest BCUT2D eigenvalue weighted by Crippen LogP contribution is -2.46. The molecule has 2 fully saturated rings. The number of hydrogen-bond acceptors (Lipinski definition) is 4. The quantitative estimate of drug-likeness (QED) is 0.803. The number of hydrogen-bond donors (Lipinski definition) is 0. The van der Waals surface area contributed by atoms with Crippen molar-refractivity contribution in [2.75, 3.05) is 59.5 Å². The van der Waals surface area contributed by atoms with Gasteiger partial charge >= 0.3 is 0 Å². The fraction of sp³-hybridized carbons (Fsp3) is 0.650. The fourth-order valence-electron chi connectivity index (χ4n) is 3.75. The summed E-state index contributed by atoms with van der Waals surface area (Å²) < 4.78 is 19.0. The van der Waals surface area contributed by atoms with Crippen molar-refractivity contribution in [3.8, 4) is 5.75 Å². The zero-order chi connectivity index (χ0) is 18.4. The highest BCUT2D eigenvalue weighted by Crippen LogP contribution is 2.20. The van der Waals surface area contributed by atoms with E-state index < -0.39 is 0 Å². The molecule has 1 aromatic rings. The summed E-state index contributed by atoms with van der Waals surface area (Å²) >= 11 is 0. The van der Waals surface area contributed by atoms with Gasteiger partial charge in [0.2, 0.25) is 5.91 Å². The van der Waals surface area contributed by atoms with E-state index in [4.69, 9.17) is 4.74 Å². The highest BCUT2D eigenvalue weighted by Gasteiger charge is 2.25. The van der Waals surface area contributed by atoms with Crippen LogP contribution in [0.25, 0.3) is 0 Å². The van der Waals surface area contributed by atoms with Crippen molar-refractivity contribution in [1.29, 1.82) is 0 Å². The fourth-order valence-corrected chi connectivity index (χ4v) is 3.75. The van der Waals surface area contributed by atoms with Crippen LogP contribution < -0.4 is 4.74 Å². The van der Waals surface area contributed by atoms with Crippen LogP contribution in [0.1, 0.15) is 19.3 Å². The van der Waals surface area contributed by atoms with E-state index in [0.29, 0.717) is 24.8 Å². The number of ether oxygens (including phenoxy) is 1. The molecule has 2 aliphatic rings. The standard InChI is InChI=1S/C20H30FN3O2/c1-22-8-4-9-23(12-11-22)15-20(25)24-10-3-5-17(14-24)16-26-19-7-2-6-18(21)13-19/h2,6-7,13,17H,3-5,8-12,14-16H2,1H3/t17-/m1/s1. The van der Waals surface area contributed by atoms with Crippen LogP contribution in [0, 0.1) is 11.7 Å². The Kier molecular flexibility index (Phi) is 6.86. The van der Waals surface area contributed by atoms with Crippen molar-refractivity contribution in [2.24, 2.45) is 5.92 Å². The maximum absolute atomic E-state index is 13.2. The highest BCUT2D eigenvalue weighted by molar-refractivity contribution is 5.78. The van der Waals surface area contributed by atoms with E-state index in [0.717, 1.165) is 58.5 Å². The Bertz CT molecular complexity index is 598. The predicted octanol–water partition coefficient (Wildman–Crippen LogP) is 2.08. The summed E-state index contributed by atoms with van der Waals surface area (Å²) in [6.45, 7) is 6.71. The number of benzene rings is 1. The molecule has 0 aromatic heterocycles. The molecular formula is C20H30FN3O2. The molecule has 0 unspecified atom stereocenters. The lowest BCUT2D eigenvalue weighted by Gasteiger charge is -2.34. The highest BCUT2D eigenvalue weighted by atomic mass is 19.1. The largest absolute Gasteiger partial charge is 0.493 e. The van der Waals surface area contributed by atoms with Crippen LogP contribution in [0.3, 0.4) is 0 Å². The normalized spacial score (nSPS) is 22.8. The lowest BCUT2D eigenvalue weighted by molar-refractivity contribution is -0.134. The van der Waals surface area contributed by atoms with Gasteiger partial charge in [-0.1, -0.05) is 6.07 Å². The van der Waals surface area contributed by atoms with Gasteiger partial charge in [-0.25, -0.2) is 4.39 Å². The van der Waals surface area contributed by atoms with Gasteiger partial charge in [-0.2, -0.15) is 0 Å². The summed E-state index contributed by atoms with van der Waals surface area (Å²) in [7, 11) is 2.14. The summed E-state index contributed by atoms with van der Waals surface area (Å²) in [5.41, 5.74) is 0. The Morgan fingerprint density at radius 3 is 2.92 bits per heavy atom. The van der Waals surface area contributed by atoms with Crippen molar-refractivity contribution < 1.29 is 13.9 Å². The third-order valence-electron chi connectivity index (χ3n) is 5.32. The first-order valence-corrected chi connectivity index (χ1v) is 9.67.